The van der Waals surface area contributed by atoms with Gasteiger partial charge < -0.3 is 5.32 Å². The van der Waals surface area contributed by atoms with Crippen LogP contribution in [0.25, 0.3) is 0 Å². The predicted molar refractivity (Wildman–Crippen MR) is 48.5 cm³/mol. The summed E-state index contributed by atoms with van der Waals surface area (Å²) in [6, 6.07) is 0.755. The van der Waals surface area contributed by atoms with Gasteiger partial charge in [0.15, 0.2) is 0 Å². The third kappa shape index (κ3) is 2.17. The highest BCUT2D eigenvalue weighted by Crippen LogP contribution is 2.12. The lowest BCUT2D eigenvalue weighted by molar-refractivity contribution is 0.151. The van der Waals surface area contributed by atoms with Gasteiger partial charge in [0.05, 0.1) is 6.17 Å². The Kier molecular flexibility index (Phi) is 3.34. The van der Waals surface area contributed by atoms with Gasteiger partial charge in [-0.25, -0.2) is 0 Å². The van der Waals surface area contributed by atoms with Crippen LogP contribution in [0.5, 0.6) is 0 Å². The molecule has 2 atom stereocenters. The molecule has 1 aliphatic rings. The van der Waals surface area contributed by atoms with E-state index in [0.717, 1.165) is 12.6 Å². The third-order valence-electron chi connectivity index (χ3n) is 2.67. The van der Waals surface area contributed by atoms with Crippen LogP contribution in [0.15, 0.2) is 0 Å². The molecule has 1 heterocycles. The van der Waals surface area contributed by atoms with Crippen molar-refractivity contribution >= 4 is 0 Å². The lowest BCUT2D eigenvalue weighted by Crippen LogP contribution is -2.45. The van der Waals surface area contributed by atoms with Gasteiger partial charge >= 0.3 is 0 Å². The van der Waals surface area contributed by atoms with Gasteiger partial charge in [-0.15, -0.1) is 0 Å². The zero-order chi connectivity index (χ0) is 8.27. The lowest BCUT2D eigenvalue weighted by atomic mass is 10.1. The first-order valence-electron chi connectivity index (χ1n) is 4.74. The van der Waals surface area contributed by atoms with Crippen LogP contribution in [0.2, 0.25) is 0 Å². The van der Waals surface area contributed by atoms with Crippen LogP contribution < -0.4 is 5.32 Å². The van der Waals surface area contributed by atoms with E-state index in [1.54, 1.807) is 0 Å². The van der Waals surface area contributed by atoms with Crippen LogP contribution >= 0.6 is 0 Å². The zero-order valence-corrected chi connectivity index (χ0v) is 7.93. The van der Waals surface area contributed by atoms with E-state index in [-0.39, 0.29) is 0 Å². The molecule has 1 aliphatic heterocycles. The first-order valence-corrected chi connectivity index (χ1v) is 4.74. The van der Waals surface area contributed by atoms with Crippen LogP contribution in [-0.4, -0.2) is 30.2 Å². The van der Waals surface area contributed by atoms with E-state index in [2.05, 4.69) is 31.0 Å². The second kappa shape index (κ2) is 4.07. The number of hydrogen-bond acceptors (Lipinski definition) is 2. The Morgan fingerprint density at radius 1 is 1.45 bits per heavy atom. The minimum atomic E-state index is 0.567. The number of nitrogens with zero attached hydrogens (tertiary/aromatic N) is 1. The zero-order valence-electron chi connectivity index (χ0n) is 7.93. The van der Waals surface area contributed by atoms with Crippen molar-refractivity contribution in [3.63, 3.8) is 0 Å². The molecule has 0 aromatic rings. The maximum Gasteiger partial charge on any atom is 0.0570 e. The van der Waals surface area contributed by atoms with E-state index < -0.39 is 0 Å². The molecular formula is C9H20N2. The molecule has 2 nitrogen and oxygen atoms in total. The van der Waals surface area contributed by atoms with Gasteiger partial charge in [-0.3, -0.25) is 4.90 Å². The number of rotatable bonds is 1. The van der Waals surface area contributed by atoms with Crippen molar-refractivity contribution < 1.29 is 0 Å². The van der Waals surface area contributed by atoms with Gasteiger partial charge in [0.2, 0.25) is 0 Å². The Bertz CT molecular complexity index is 102. The van der Waals surface area contributed by atoms with Crippen LogP contribution in [0.3, 0.4) is 0 Å². The van der Waals surface area contributed by atoms with E-state index in [4.69, 9.17) is 0 Å². The van der Waals surface area contributed by atoms with Crippen LogP contribution in [0.4, 0.5) is 0 Å². The lowest BCUT2D eigenvalue weighted by Gasteiger charge is -2.31. The van der Waals surface area contributed by atoms with Crippen molar-refractivity contribution in [2.45, 2.75) is 45.8 Å². The van der Waals surface area contributed by atoms with E-state index >= 15 is 0 Å². The summed E-state index contributed by atoms with van der Waals surface area (Å²) in [5.74, 6) is 0. The average molecular weight is 156 g/mol. The van der Waals surface area contributed by atoms with Crippen LogP contribution in [0, 0.1) is 0 Å². The summed E-state index contributed by atoms with van der Waals surface area (Å²) in [7, 11) is 0. The van der Waals surface area contributed by atoms with E-state index in [1.165, 1.54) is 19.4 Å². The van der Waals surface area contributed by atoms with E-state index in [0.29, 0.717) is 6.17 Å². The van der Waals surface area contributed by atoms with Gasteiger partial charge in [0.1, 0.15) is 0 Å². The summed E-state index contributed by atoms with van der Waals surface area (Å²) >= 11 is 0. The quantitative estimate of drug-likeness (QED) is 0.618. The largest absolute Gasteiger partial charge is 0.302 e. The number of nitrogens with one attached hydrogen (secondary N) is 1. The first-order chi connectivity index (χ1) is 5.25. The molecule has 0 aliphatic carbocycles. The van der Waals surface area contributed by atoms with Crippen molar-refractivity contribution in [2.75, 3.05) is 13.1 Å². The first kappa shape index (κ1) is 9.01. The molecule has 0 amide bonds. The topological polar surface area (TPSA) is 15.3 Å². The van der Waals surface area contributed by atoms with Crippen LogP contribution in [0.1, 0.15) is 33.6 Å². The molecule has 1 rings (SSSR count). The molecule has 1 saturated heterocycles. The van der Waals surface area contributed by atoms with Crippen molar-refractivity contribution in [3.8, 4) is 0 Å². The molecule has 2 heteroatoms. The van der Waals surface area contributed by atoms with E-state index in [9.17, 15) is 0 Å². The fourth-order valence-corrected chi connectivity index (χ4v) is 1.96. The van der Waals surface area contributed by atoms with Gasteiger partial charge in [0, 0.05) is 6.04 Å². The Morgan fingerprint density at radius 2 is 2.18 bits per heavy atom. The molecule has 66 valence electrons. The van der Waals surface area contributed by atoms with Gasteiger partial charge in [0.25, 0.3) is 0 Å². The van der Waals surface area contributed by atoms with Gasteiger partial charge in [-0.1, -0.05) is 6.92 Å². The second-order valence-electron chi connectivity index (χ2n) is 3.45. The molecule has 0 bridgehead atoms. The predicted octanol–water partition coefficient (Wildman–Crippen LogP) is 1.43. The maximum atomic E-state index is 3.50. The molecule has 1 unspecified atom stereocenters. The van der Waals surface area contributed by atoms with Crippen molar-refractivity contribution in [2.24, 2.45) is 0 Å². The molecule has 0 aromatic carbocycles. The summed E-state index contributed by atoms with van der Waals surface area (Å²) in [4.78, 5) is 2.52. The maximum absolute atomic E-state index is 3.50. The standard InChI is InChI=1S/C9H20N2/c1-4-11-8(2)6-5-7-10-9(11)3/h8-10H,4-7H2,1-3H3/t8?,9-/m1/s1. The minimum absolute atomic E-state index is 0.567. The second-order valence-corrected chi connectivity index (χ2v) is 3.45. The molecule has 1 N–H and O–H groups in total. The molecule has 11 heavy (non-hydrogen) atoms. The number of hydrogen-bond donors (Lipinski definition) is 1. The highest BCUT2D eigenvalue weighted by atomic mass is 15.3. The summed E-state index contributed by atoms with van der Waals surface area (Å²) in [6.07, 6.45) is 3.23. The minimum Gasteiger partial charge on any atom is -0.302 e. The summed E-state index contributed by atoms with van der Waals surface area (Å²) in [5.41, 5.74) is 0. The van der Waals surface area contributed by atoms with Crippen molar-refractivity contribution in [1.82, 2.24) is 10.2 Å². The molecule has 0 saturated carbocycles. The highest BCUT2D eigenvalue weighted by molar-refractivity contribution is 4.75. The van der Waals surface area contributed by atoms with Crippen molar-refractivity contribution in [3.05, 3.63) is 0 Å². The molecule has 1 fully saturated rings. The van der Waals surface area contributed by atoms with Crippen LogP contribution in [-0.2, 0) is 0 Å². The normalized spacial score (nSPS) is 35.2. The smallest absolute Gasteiger partial charge is 0.0570 e. The molecule has 0 spiro atoms. The van der Waals surface area contributed by atoms with Gasteiger partial charge in [-0.2, -0.15) is 0 Å². The summed E-state index contributed by atoms with van der Waals surface area (Å²) in [6.45, 7) is 9.16. The summed E-state index contributed by atoms with van der Waals surface area (Å²) in [5, 5.41) is 3.50. The third-order valence-corrected chi connectivity index (χ3v) is 2.67. The highest BCUT2D eigenvalue weighted by Gasteiger charge is 2.20. The molecular weight excluding hydrogens is 136 g/mol. The van der Waals surface area contributed by atoms with Gasteiger partial charge in [-0.05, 0) is 39.8 Å². The fourth-order valence-electron chi connectivity index (χ4n) is 1.96. The monoisotopic (exact) mass is 156 g/mol. The average Bonchev–Trinajstić information content (AvgIpc) is 2.12. The fraction of sp³-hybridized carbons (Fsp3) is 1.00. The Labute approximate surface area is 70.0 Å². The molecule has 0 radical (unpaired) electrons. The summed E-state index contributed by atoms with van der Waals surface area (Å²) < 4.78 is 0. The Morgan fingerprint density at radius 3 is 2.82 bits per heavy atom. The molecule has 0 aromatic heterocycles. The Hall–Kier alpha value is -0.0800. The van der Waals surface area contributed by atoms with Crippen molar-refractivity contribution in [1.29, 1.82) is 0 Å². The van der Waals surface area contributed by atoms with E-state index in [1.807, 2.05) is 0 Å². The Balaban J connectivity index is 2.51. The SMILES string of the molecule is CCN1C(C)CCCN[C@H]1C.